The highest BCUT2D eigenvalue weighted by atomic mass is 16.3. The van der Waals surface area contributed by atoms with Gasteiger partial charge in [-0.2, -0.15) is 0 Å². The summed E-state index contributed by atoms with van der Waals surface area (Å²) in [5.74, 6) is 1.20. The third-order valence-corrected chi connectivity index (χ3v) is 3.18. The summed E-state index contributed by atoms with van der Waals surface area (Å²) >= 11 is 0. The molecule has 0 aliphatic heterocycles. The van der Waals surface area contributed by atoms with Gasteiger partial charge in [-0.25, -0.2) is 0 Å². The molecule has 0 saturated heterocycles. The van der Waals surface area contributed by atoms with Crippen LogP contribution < -0.4 is 5.73 Å². The van der Waals surface area contributed by atoms with Crippen LogP contribution in [0.3, 0.4) is 0 Å². The van der Waals surface area contributed by atoms with Gasteiger partial charge in [0.15, 0.2) is 0 Å². The molecule has 0 aromatic heterocycles. The summed E-state index contributed by atoms with van der Waals surface area (Å²) in [4.78, 5) is 0. The molecule has 0 amide bonds. The first-order valence-electron chi connectivity index (χ1n) is 4.96. The molecule has 12 heavy (non-hydrogen) atoms. The third-order valence-electron chi connectivity index (χ3n) is 3.18. The van der Waals surface area contributed by atoms with Crippen LogP contribution >= 0.6 is 0 Å². The van der Waals surface area contributed by atoms with Gasteiger partial charge in [0, 0.05) is 0 Å². The molecule has 72 valence electrons. The largest absolute Gasteiger partial charge is 0.390 e. The highest BCUT2D eigenvalue weighted by molar-refractivity contribution is 4.82. The predicted molar refractivity (Wildman–Crippen MR) is 50.8 cm³/mol. The Balaban J connectivity index is 2.36. The third kappa shape index (κ3) is 2.46. The van der Waals surface area contributed by atoms with Gasteiger partial charge in [0.05, 0.1) is 5.60 Å². The first-order valence-corrected chi connectivity index (χ1v) is 4.96. The van der Waals surface area contributed by atoms with Crippen LogP contribution in [0.4, 0.5) is 0 Å². The molecule has 0 radical (unpaired) electrons. The Morgan fingerprint density at radius 2 is 1.75 bits per heavy atom. The van der Waals surface area contributed by atoms with Gasteiger partial charge < -0.3 is 10.8 Å². The summed E-state index contributed by atoms with van der Waals surface area (Å²) in [5, 5.41) is 9.77. The Morgan fingerprint density at radius 3 is 2.08 bits per heavy atom. The van der Waals surface area contributed by atoms with Crippen molar-refractivity contribution in [1.82, 2.24) is 0 Å². The zero-order valence-corrected chi connectivity index (χ0v) is 8.21. The SMILES string of the molecule is CC(C)(O)C1CCC(CN)CC1. The Kier molecular flexibility index (Phi) is 3.13. The molecule has 2 heteroatoms. The fourth-order valence-corrected chi connectivity index (χ4v) is 2.10. The quantitative estimate of drug-likeness (QED) is 0.661. The van der Waals surface area contributed by atoms with Crippen molar-refractivity contribution in [2.24, 2.45) is 17.6 Å². The van der Waals surface area contributed by atoms with Crippen molar-refractivity contribution >= 4 is 0 Å². The second-order valence-electron chi connectivity index (χ2n) is 4.61. The zero-order chi connectivity index (χ0) is 9.19. The standard InChI is InChI=1S/C10H21NO/c1-10(2,12)9-5-3-8(7-11)4-6-9/h8-9,12H,3-7,11H2,1-2H3. The van der Waals surface area contributed by atoms with Gasteiger partial charge in [0.25, 0.3) is 0 Å². The van der Waals surface area contributed by atoms with Crippen molar-refractivity contribution in [3.05, 3.63) is 0 Å². The average molecular weight is 171 g/mol. The van der Waals surface area contributed by atoms with Crippen molar-refractivity contribution in [3.8, 4) is 0 Å². The van der Waals surface area contributed by atoms with Crippen LogP contribution in [0.15, 0.2) is 0 Å². The van der Waals surface area contributed by atoms with E-state index < -0.39 is 5.60 Å². The Hall–Kier alpha value is -0.0800. The van der Waals surface area contributed by atoms with Crippen LogP contribution in [0, 0.1) is 11.8 Å². The minimum atomic E-state index is -0.487. The molecule has 1 rings (SSSR count). The van der Waals surface area contributed by atoms with Gasteiger partial charge in [-0.1, -0.05) is 0 Å². The van der Waals surface area contributed by atoms with E-state index in [1.807, 2.05) is 13.8 Å². The highest BCUT2D eigenvalue weighted by Gasteiger charge is 2.30. The molecule has 3 N–H and O–H groups in total. The van der Waals surface area contributed by atoms with E-state index in [4.69, 9.17) is 5.73 Å². The maximum absolute atomic E-state index is 9.77. The molecule has 0 aromatic rings. The molecule has 0 atom stereocenters. The monoisotopic (exact) mass is 171 g/mol. The lowest BCUT2D eigenvalue weighted by atomic mass is 9.75. The molecular weight excluding hydrogens is 150 g/mol. The maximum atomic E-state index is 9.77. The molecule has 0 spiro atoms. The first-order chi connectivity index (χ1) is 5.54. The van der Waals surface area contributed by atoms with Gasteiger partial charge in [0.1, 0.15) is 0 Å². The van der Waals surface area contributed by atoms with Crippen molar-refractivity contribution in [2.45, 2.75) is 45.1 Å². The van der Waals surface area contributed by atoms with E-state index in [2.05, 4.69) is 0 Å². The van der Waals surface area contributed by atoms with E-state index in [9.17, 15) is 5.11 Å². The van der Waals surface area contributed by atoms with Crippen LogP contribution in [0.1, 0.15) is 39.5 Å². The minimum Gasteiger partial charge on any atom is -0.390 e. The molecular formula is C10H21NO. The summed E-state index contributed by atoms with van der Waals surface area (Å²) in [6, 6.07) is 0. The zero-order valence-electron chi connectivity index (χ0n) is 8.21. The highest BCUT2D eigenvalue weighted by Crippen LogP contribution is 2.34. The van der Waals surface area contributed by atoms with Crippen molar-refractivity contribution < 1.29 is 5.11 Å². The molecule has 1 saturated carbocycles. The second-order valence-corrected chi connectivity index (χ2v) is 4.61. The van der Waals surface area contributed by atoms with Crippen molar-refractivity contribution in [2.75, 3.05) is 6.54 Å². The Bertz CT molecular complexity index is 131. The number of aliphatic hydroxyl groups is 1. The van der Waals surface area contributed by atoms with E-state index in [1.54, 1.807) is 0 Å². The molecule has 2 nitrogen and oxygen atoms in total. The van der Waals surface area contributed by atoms with E-state index in [0.717, 1.165) is 19.4 Å². The van der Waals surface area contributed by atoms with Crippen molar-refractivity contribution in [3.63, 3.8) is 0 Å². The van der Waals surface area contributed by atoms with Gasteiger partial charge in [-0.05, 0) is 57.9 Å². The lowest BCUT2D eigenvalue weighted by Crippen LogP contribution is -2.35. The average Bonchev–Trinajstić information content (AvgIpc) is 2.03. The number of nitrogens with two attached hydrogens (primary N) is 1. The summed E-state index contributed by atoms with van der Waals surface area (Å²) in [5.41, 5.74) is 5.11. The predicted octanol–water partition coefficient (Wildman–Crippen LogP) is 1.52. The van der Waals surface area contributed by atoms with Crippen LogP contribution in [-0.4, -0.2) is 17.3 Å². The summed E-state index contributed by atoms with van der Waals surface area (Å²) < 4.78 is 0. The Morgan fingerprint density at radius 1 is 1.25 bits per heavy atom. The first kappa shape index (κ1) is 10.0. The maximum Gasteiger partial charge on any atom is 0.0619 e. The lowest BCUT2D eigenvalue weighted by molar-refractivity contribution is -0.00526. The molecule has 0 aromatic carbocycles. The van der Waals surface area contributed by atoms with Crippen molar-refractivity contribution in [1.29, 1.82) is 0 Å². The topological polar surface area (TPSA) is 46.2 Å². The van der Waals surface area contributed by atoms with E-state index in [1.165, 1.54) is 12.8 Å². The fraction of sp³-hybridized carbons (Fsp3) is 1.00. The number of hydrogen-bond acceptors (Lipinski definition) is 2. The molecule has 0 bridgehead atoms. The number of rotatable bonds is 2. The van der Waals surface area contributed by atoms with Crippen LogP contribution in [-0.2, 0) is 0 Å². The van der Waals surface area contributed by atoms with Gasteiger partial charge in [0.2, 0.25) is 0 Å². The van der Waals surface area contributed by atoms with Gasteiger partial charge in [-0.3, -0.25) is 0 Å². The van der Waals surface area contributed by atoms with E-state index >= 15 is 0 Å². The van der Waals surface area contributed by atoms with Crippen LogP contribution in [0.2, 0.25) is 0 Å². The second kappa shape index (κ2) is 3.75. The molecule has 1 fully saturated rings. The molecule has 1 aliphatic carbocycles. The molecule has 0 unspecified atom stereocenters. The van der Waals surface area contributed by atoms with Crippen LogP contribution in [0.5, 0.6) is 0 Å². The van der Waals surface area contributed by atoms with E-state index in [0.29, 0.717) is 11.8 Å². The number of hydrogen-bond donors (Lipinski definition) is 2. The lowest BCUT2D eigenvalue weighted by Gasteiger charge is -2.35. The van der Waals surface area contributed by atoms with Gasteiger partial charge in [-0.15, -0.1) is 0 Å². The summed E-state index contributed by atoms with van der Waals surface area (Å²) in [6.45, 7) is 4.65. The fourth-order valence-electron chi connectivity index (χ4n) is 2.10. The minimum absolute atomic E-state index is 0.486. The molecule has 0 heterocycles. The van der Waals surface area contributed by atoms with Gasteiger partial charge >= 0.3 is 0 Å². The Labute approximate surface area is 75.2 Å². The van der Waals surface area contributed by atoms with Crippen LogP contribution in [0.25, 0.3) is 0 Å². The summed E-state index contributed by atoms with van der Waals surface area (Å²) in [6.07, 6.45) is 4.69. The smallest absolute Gasteiger partial charge is 0.0619 e. The normalized spacial score (nSPS) is 32.0. The summed E-state index contributed by atoms with van der Waals surface area (Å²) in [7, 11) is 0. The van der Waals surface area contributed by atoms with E-state index in [-0.39, 0.29) is 0 Å². The molecule has 1 aliphatic rings.